The Balaban J connectivity index is 2.86. The fraction of sp³-hybridized carbons (Fsp3) is 0.500. The molecule has 1 aromatic carbocycles. The molecular formula is C12H18N2O2S. The highest BCUT2D eigenvalue weighted by Crippen LogP contribution is 2.27. The lowest BCUT2D eigenvalue weighted by Crippen LogP contribution is -2.26. The number of nitrogens with one attached hydrogen (secondary N) is 1. The molecule has 5 heteroatoms. The van der Waals surface area contributed by atoms with Crippen molar-refractivity contribution in [1.29, 1.82) is 0 Å². The summed E-state index contributed by atoms with van der Waals surface area (Å²) in [5.41, 5.74) is 1.69. The first-order chi connectivity index (χ1) is 7.87. The van der Waals surface area contributed by atoms with Crippen LogP contribution in [-0.2, 0) is 0 Å². The molecule has 0 saturated carbocycles. The molecule has 1 rings (SSSR count). The van der Waals surface area contributed by atoms with Gasteiger partial charge in [0.1, 0.15) is 0 Å². The van der Waals surface area contributed by atoms with E-state index in [1.165, 1.54) is 6.07 Å². The lowest BCUT2D eigenvalue weighted by Gasteiger charge is -2.23. The summed E-state index contributed by atoms with van der Waals surface area (Å²) >= 11 is 1.77. The maximum absolute atomic E-state index is 10.8. The molecule has 17 heavy (non-hydrogen) atoms. The molecule has 0 radical (unpaired) electrons. The van der Waals surface area contributed by atoms with Gasteiger partial charge in [0.2, 0.25) is 0 Å². The summed E-state index contributed by atoms with van der Waals surface area (Å²) in [7, 11) is 0. The number of rotatable bonds is 5. The van der Waals surface area contributed by atoms with Crippen LogP contribution in [0.4, 0.5) is 11.4 Å². The van der Waals surface area contributed by atoms with Crippen molar-refractivity contribution in [3.8, 4) is 0 Å². The smallest absolute Gasteiger partial charge is 0.274 e. The Labute approximate surface area is 106 Å². The predicted octanol–water partition coefficient (Wildman–Crippen LogP) is 3.46. The van der Waals surface area contributed by atoms with Crippen LogP contribution in [0.1, 0.15) is 19.4 Å². The summed E-state index contributed by atoms with van der Waals surface area (Å²) in [6.07, 6.45) is 2.06. The van der Waals surface area contributed by atoms with Crippen molar-refractivity contribution >= 4 is 23.1 Å². The van der Waals surface area contributed by atoms with Crippen molar-refractivity contribution < 1.29 is 4.92 Å². The SMILES string of the molecule is CSC(C)(C)CNc1cccc([N+](=O)[O-])c1C. The Hall–Kier alpha value is -1.23. The minimum Gasteiger partial charge on any atom is -0.383 e. The van der Waals surface area contributed by atoms with E-state index in [0.717, 1.165) is 12.2 Å². The maximum Gasteiger partial charge on any atom is 0.274 e. The molecule has 0 heterocycles. The minimum absolute atomic E-state index is 0.108. The molecular weight excluding hydrogens is 236 g/mol. The molecule has 0 amide bonds. The monoisotopic (exact) mass is 254 g/mol. The highest BCUT2D eigenvalue weighted by molar-refractivity contribution is 7.99. The van der Waals surface area contributed by atoms with Gasteiger partial charge in [-0.05, 0) is 33.1 Å². The predicted molar refractivity (Wildman–Crippen MR) is 73.9 cm³/mol. The van der Waals surface area contributed by atoms with E-state index >= 15 is 0 Å². The second kappa shape index (κ2) is 5.40. The average molecular weight is 254 g/mol. The summed E-state index contributed by atoms with van der Waals surface area (Å²) in [6.45, 7) is 6.82. The van der Waals surface area contributed by atoms with Gasteiger partial charge in [-0.3, -0.25) is 10.1 Å². The first-order valence-electron chi connectivity index (χ1n) is 5.40. The molecule has 1 N–H and O–H groups in total. The van der Waals surface area contributed by atoms with E-state index < -0.39 is 0 Å². The van der Waals surface area contributed by atoms with Crippen LogP contribution in [0.3, 0.4) is 0 Å². The first kappa shape index (κ1) is 13.8. The fourth-order valence-electron chi connectivity index (χ4n) is 1.39. The third-order valence-corrected chi connectivity index (χ3v) is 4.01. The van der Waals surface area contributed by atoms with E-state index in [0.29, 0.717) is 5.56 Å². The van der Waals surface area contributed by atoms with Crippen molar-refractivity contribution in [2.45, 2.75) is 25.5 Å². The van der Waals surface area contributed by atoms with Gasteiger partial charge in [-0.2, -0.15) is 11.8 Å². The zero-order valence-corrected chi connectivity index (χ0v) is 11.4. The Bertz CT molecular complexity index is 419. The lowest BCUT2D eigenvalue weighted by atomic mass is 10.1. The first-order valence-corrected chi connectivity index (χ1v) is 6.63. The fourth-order valence-corrected chi connectivity index (χ4v) is 1.61. The van der Waals surface area contributed by atoms with Crippen molar-refractivity contribution in [3.05, 3.63) is 33.9 Å². The average Bonchev–Trinajstić information content (AvgIpc) is 2.27. The number of nitro benzene ring substituents is 1. The number of nitro groups is 1. The van der Waals surface area contributed by atoms with Crippen molar-refractivity contribution in [2.24, 2.45) is 0 Å². The van der Waals surface area contributed by atoms with Gasteiger partial charge in [-0.15, -0.1) is 0 Å². The molecule has 0 aliphatic heterocycles. The molecule has 4 nitrogen and oxygen atoms in total. The number of hydrogen-bond acceptors (Lipinski definition) is 4. The highest BCUT2D eigenvalue weighted by Gasteiger charge is 2.18. The molecule has 0 aromatic heterocycles. The molecule has 0 aliphatic carbocycles. The Morgan fingerprint density at radius 3 is 2.65 bits per heavy atom. The van der Waals surface area contributed by atoms with Crippen molar-refractivity contribution in [1.82, 2.24) is 0 Å². The van der Waals surface area contributed by atoms with E-state index in [-0.39, 0.29) is 15.4 Å². The van der Waals surface area contributed by atoms with Crippen LogP contribution in [0.25, 0.3) is 0 Å². The highest BCUT2D eigenvalue weighted by atomic mass is 32.2. The van der Waals surface area contributed by atoms with Gasteiger partial charge in [-0.25, -0.2) is 0 Å². The zero-order chi connectivity index (χ0) is 13.1. The van der Waals surface area contributed by atoms with Gasteiger partial charge >= 0.3 is 0 Å². The van der Waals surface area contributed by atoms with Gasteiger partial charge in [0.25, 0.3) is 5.69 Å². The Morgan fingerprint density at radius 1 is 1.47 bits per heavy atom. The van der Waals surface area contributed by atoms with Gasteiger partial charge in [0.05, 0.1) is 4.92 Å². The number of anilines is 1. The Kier molecular flexibility index (Phi) is 4.40. The van der Waals surface area contributed by atoms with E-state index in [4.69, 9.17) is 0 Å². The number of thioether (sulfide) groups is 1. The normalized spacial score (nSPS) is 11.3. The largest absolute Gasteiger partial charge is 0.383 e. The topological polar surface area (TPSA) is 55.2 Å². The third kappa shape index (κ3) is 3.63. The number of hydrogen-bond donors (Lipinski definition) is 1. The second-order valence-corrected chi connectivity index (χ2v) is 6.04. The standard InChI is InChI=1S/C12H18N2O2S/c1-9-10(13-8-12(2,3)17-4)6-5-7-11(9)14(15)16/h5-7,13H,8H2,1-4H3. The maximum atomic E-state index is 10.8. The molecule has 0 spiro atoms. The third-order valence-electron chi connectivity index (χ3n) is 2.76. The van der Waals surface area contributed by atoms with Crippen molar-refractivity contribution in [3.63, 3.8) is 0 Å². The molecule has 94 valence electrons. The lowest BCUT2D eigenvalue weighted by molar-refractivity contribution is -0.385. The molecule has 0 unspecified atom stereocenters. The van der Waals surface area contributed by atoms with E-state index in [1.54, 1.807) is 24.8 Å². The van der Waals surface area contributed by atoms with Crippen LogP contribution in [0.2, 0.25) is 0 Å². The molecule has 0 saturated heterocycles. The zero-order valence-electron chi connectivity index (χ0n) is 10.6. The molecule has 1 aromatic rings. The van der Waals surface area contributed by atoms with Crippen LogP contribution < -0.4 is 5.32 Å². The van der Waals surface area contributed by atoms with Crippen LogP contribution in [-0.4, -0.2) is 22.5 Å². The van der Waals surface area contributed by atoms with Crippen LogP contribution in [0.5, 0.6) is 0 Å². The molecule has 0 bridgehead atoms. The summed E-state index contributed by atoms with van der Waals surface area (Å²) < 4.78 is 0.108. The van der Waals surface area contributed by atoms with Crippen LogP contribution >= 0.6 is 11.8 Å². The summed E-state index contributed by atoms with van der Waals surface area (Å²) in [5, 5.41) is 14.1. The van der Waals surface area contributed by atoms with Gasteiger partial charge in [-0.1, -0.05) is 6.07 Å². The molecule has 0 fully saturated rings. The minimum atomic E-state index is -0.347. The number of nitrogens with zero attached hydrogens (tertiary/aromatic N) is 1. The van der Waals surface area contributed by atoms with Gasteiger partial charge in [0, 0.05) is 28.6 Å². The van der Waals surface area contributed by atoms with E-state index in [9.17, 15) is 10.1 Å². The quantitative estimate of drug-likeness (QED) is 0.646. The van der Waals surface area contributed by atoms with Crippen LogP contribution in [0, 0.1) is 17.0 Å². The van der Waals surface area contributed by atoms with Crippen molar-refractivity contribution in [2.75, 3.05) is 18.1 Å². The molecule has 0 aliphatic rings. The summed E-state index contributed by atoms with van der Waals surface area (Å²) in [4.78, 5) is 10.5. The summed E-state index contributed by atoms with van der Waals surface area (Å²) in [5.74, 6) is 0. The second-order valence-electron chi connectivity index (χ2n) is 4.52. The number of benzene rings is 1. The Morgan fingerprint density at radius 2 is 2.12 bits per heavy atom. The van der Waals surface area contributed by atoms with Crippen LogP contribution in [0.15, 0.2) is 18.2 Å². The van der Waals surface area contributed by atoms with E-state index in [1.807, 2.05) is 6.07 Å². The van der Waals surface area contributed by atoms with E-state index in [2.05, 4.69) is 25.4 Å². The summed E-state index contributed by atoms with van der Waals surface area (Å²) in [6, 6.07) is 5.11. The van der Waals surface area contributed by atoms with Gasteiger partial charge < -0.3 is 5.32 Å². The van der Waals surface area contributed by atoms with Gasteiger partial charge in [0.15, 0.2) is 0 Å². The molecule has 0 atom stereocenters.